The van der Waals surface area contributed by atoms with E-state index in [0.717, 1.165) is 5.56 Å². The van der Waals surface area contributed by atoms with Crippen molar-refractivity contribution in [1.29, 1.82) is 5.26 Å². The maximum absolute atomic E-state index is 13.5. The Morgan fingerprint density at radius 2 is 1.83 bits per heavy atom. The highest BCUT2D eigenvalue weighted by Crippen LogP contribution is 3.02. The Morgan fingerprint density at radius 1 is 1.17 bits per heavy atom. The van der Waals surface area contributed by atoms with Crippen molar-refractivity contribution in [3.8, 4) is 17.5 Å². The molecule has 1 saturated carbocycles. The van der Waals surface area contributed by atoms with Gasteiger partial charge in [0, 0.05) is 12.0 Å². The molecule has 2 aromatic carbocycles. The molecule has 41 heavy (non-hydrogen) atoms. The Labute approximate surface area is 238 Å². The van der Waals surface area contributed by atoms with Crippen LogP contribution in [0.15, 0.2) is 35.2 Å². The molecule has 1 aromatic heterocycles. The number of nitrogens with zero attached hydrogens (tertiary/aromatic N) is 3. The van der Waals surface area contributed by atoms with E-state index in [0.29, 0.717) is 29.0 Å². The van der Waals surface area contributed by atoms with Crippen LogP contribution in [-0.4, -0.2) is 28.4 Å². The molecule has 0 atom stereocenters. The minimum absolute atomic E-state index is 0.0433. The van der Waals surface area contributed by atoms with Crippen molar-refractivity contribution in [2.45, 2.75) is 36.2 Å². The normalized spacial score (nSPS) is 16.9. The molecule has 1 aliphatic carbocycles. The second-order valence-electron chi connectivity index (χ2n) is 9.49. The topological polar surface area (TPSA) is 132 Å². The lowest BCUT2D eigenvalue weighted by Crippen LogP contribution is -2.30. The first kappa shape index (κ1) is 28.8. The number of ether oxygens (including phenoxy) is 2. The first-order chi connectivity index (χ1) is 18.9. The summed E-state index contributed by atoms with van der Waals surface area (Å²) < 4.78 is 78.7. The van der Waals surface area contributed by atoms with Gasteiger partial charge in [-0.2, -0.15) is 10.4 Å². The molecule has 0 bridgehead atoms. The zero-order chi connectivity index (χ0) is 30.0. The van der Waals surface area contributed by atoms with Gasteiger partial charge in [-0.1, -0.05) is 48.7 Å². The van der Waals surface area contributed by atoms with Gasteiger partial charge in [-0.05, 0) is 48.2 Å². The van der Waals surface area contributed by atoms with Gasteiger partial charge in [0.15, 0.2) is 5.69 Å². The minimum atomic E-state index is -10.2. The zero-order valence-electron chi connectivity index (χ0n) is 20.5. The van der Waals surface area contributed by atoms with Crippen molar-refractivity contribution in [2.75, 3.05) is 11.9 Å². The minimum Gasteiger partial charge on any atom is -0.493 e. The molecule has 3 aromatic rings. The van der Waals surface area contributed by atoms with Crippen LogP contribution in [0.1, 0.15) is 35.2 Å². The fourth-order valence-corrected chi connectivity index (χ4v) is 6.01. The molecular formula is C24H18Cl2F5N5O4S. The SMILES string of the molecule is N#Cc1nn(-c2c(Cl)cc(S(F)(F)(F)(F)F)cc2Cl)c(NC(=O)OCc2ccc3c(c2)CCO3)c1C1(C(N)=O)CC1. The van der Waals surface area contributed by atoms with Crippen LogP contribution in [0.3, 0.4) is 0 Å². The lowest BCUT2D eigenvalue weighted by Gasteiger charge is -2.40. The molecule has 0 unspecified atom stereocenters. The number of hydrogen-bond acceptors (Lipinski definition) is 6. The highest BCUT2D eigenvalue weighted by Gasteiger charge is 2.65. The van der Waals surface area contributed by atoms with Crippen LogP contribution in [0.25, 0.3) is 5.69 Å². The first-order valence-corrected chi connectivity index (χ1v) is 14.4. The molecule has 0 radical (unpaired) electrons. The first-order valence-electron chi connectivity index (χ1n) is 11.7. The van der Waals surface area contributed by atoms with E-state index in [1.165, 1.54) is 0 Å². The van der Waals surface area contributed by atoms with Gasteiger partial charge in [0.1, 0.15) is 34.8 Å². The largest absolute Gasteiger partial charge is 0.493 e. The average molecular weight is 638 g/mol. The molecule has 3 N–H and O–H groups in total. The van der Waals surface area contributed by atoms with Gasteiger partial charge in [-0.15, -0.1) is 0 Å². The van der Waals surface area contributed by atoms with E-state index in [2.05, 4.69) is 10.4 Å². The maximum atomic E-state index is 13.5. The molecule has 218 valence electrons. The molecule has 2 amide bonds. The molecular weight excluding hydrogens is 620 g/mol. The molecule has 5 rings (SSSR count). The zero-order valence-corrected chi connectivity index (χ0v) is 22.9. The van der Waals surface area contributed by atoms with Crippen molar-refractivity contribution < 1.29 is 38.5 Å². The lowest BCUT2D eigenvalue weighted by atomic mass is 9.94. The van der Waals surface area contributed by atoms with Crippen LogP contribution < -0.4 is 15.8 Å². The predicted molar refractivity (Wildman–Crippen MR) is 139 cm³/mol. The lowest BCUT2D eigenvalue weighted by molar-refractivity contribution is -0.120. The number of fused-ring (bicyclic) bond motifs is 1. The number of carbonyl (C=O) groups is 2. The van der Waals surface area contributed by atoms with E-state index in [9.17, 15) is 34.3 Å². The van der Waals surface area contributed by atoms with Gasteiger partial charge in [0.2, 0.25) is 5.91 Å². The van der Waals surface area contributed by atoms with Gasteiger partial charge in [0.05, 0.1) is 22.1 Å². The molecule has 17 heteroatoms. The van der Waals surface area contributed by atoms with Crippen molar-refractivity contribution in [2.24, 2.45) is 5.73 Å². The second kappa shape index (κ2) is 8.88. The standard InChI is InChI=1S/C24H18Cl2F5N5O4S/c25-15-8-14(41(27,28,29,30)31)9-16(26)20(15)36-21(19(17(10-32)35-36)24(4-5-24)22(33)37)34-23(38)40-11-12-1-2-18-13(7-12)3-6-39-18/h1-2,7-9H,3-6,11H2,(H2,33,37)(H,34,38). The Balaban J connectivity index is 1.56. The highest BCUT2D eigenvalue weighted by atomic mass is 35.5. The molecule has 9 nitrogen and oxygen atoms in total. The van der Waals surface area contributed by atoms with Gasteiger partial charge >= 0.3 is 16.3 Å². The van der Waals surface area contributed by atoms with Crippen LogP contribution in [0.4, 0.5) is 30.0 Å². The highest BCUT2D eigenvalue weighted by molar-refractivity contribution is 8.45. The summed E-state index contributed by atoms with van der Waals surface area (Å²) in [6.45, 7) is 0.304. The number of halogens is 7. The summed E-state index contributed by atoms with van der Waals surface area (Å²) >= 11 is 12.0. The summed E-state index contributed by atoms with van der Waals surface area (Å²) in [4.78, 5) is 22.9. The second-order valence-corrected chi connectivity index (χ2v) is 12.7. The average Bonchev–Trinajstić information content (AvgIpc) is 3.40. The number of nitrogens with two attached hydrogens (primary N) is 1. The number of nitrogens with one attached hydrogen (secondary N) is 1. The van der Waals surface area contributed by atoms with Crippen molar-refractivity contribution in [3.05, 3.63) is 62.8 Å². The molecule has 2 heterocycles. The van der Waals surface area contributed by atoms with Crippen LogP contribution in [0.2, 0.25) is 10.0 Å². The fraction of sp³-hybridized carbons (Fsp3) is 0.250. The van der Waals surface area contributed by atoms with Gasteiger partial charge in [0.25, 0.3) is 0 Å². The van der Waals surface area contributed by atoms with Crippen LogP contribution >= 0.6 is 33.4 Å². The number of amides is 2. The van der Waals surface area contributed by atoms with Gasteiger partial charge < -0.3 is 15.2 Å². The van der Waals surface area contributed by atoms with Crippen molar-refractivity contribution in [3.63, 3.8) is 0 Å². The molecule has 1 fully saturated rings. The third-order valence-corrected chi connectivity index (χ3v) is 8.39. The number of carbonyl (C=O) groups excluding carboxylic acids is 2. The quantitative estimate of drug-likeness (QED) is 0.271. The van der Waals surface area contributed by atoms with E-state index in [1.807, 2.05) is 0 Å². The number of aromatic nitrogens is 2. The molecule has 2 aliphatic rings. The van der Waals surface area contributed by atoms with E-state index in [-0.39, 0.29) is 37.1 Å². The Hall–Kier alpha value is -3.74. The number of anilines is 1. The number of hydrogen-bond donors (Lipinski definition) is 2. The predicted octanol–water partition coefficient (Wildman–Crippen LogP) is 6.91. The summed E-state index contributed by atoms with van der Waals surface area (Å²) in [5.41, 5.74) is 4.51. The summed E-state index contributed by atoms with van der Waals surface area (Å²) in [5.74, 6) is -0.560. The molecule has 0 spiro atoms. The van der Waals surface area contributed by atoms with E-state index in [4.69, 9.17) is 38.4 Å². The maximum Gasteiger partial charge on any atom is 0.413 e. The van der Waals surface area contributed by atoms with Gasteiger partial charge in [-0.3, -0.25) is 10.1 Å². The Morgan fingerprint density at radius 3 is 2.39 bits per heavy atom. The summed E-state index contributed by atoms with van der Waals surface area (Å²) in [6, 6.07) is 6.83. The Bertz CT molecular complexity index is 1660. The van der Waals surface area contributed by atoms with Crippen LogP contribution in [-0.2, 0) is 28.0 Å². The molecule has 0 saturated heterocycles. The van der Waals surface area contributed by atoms with E-state index in [1.54, 1.807) is 24.3 Å². The van der Waals surface area contributed by atoms with Crippen molar-refractivity contribution in [1.82, 2.24) is 9.78 Å². The smallest absolute Gasteiger partial charge is 0.413 e. The summed E-state index contributed by atoms with van der Waals surface area (Å²) in [6.07, 6.45) is -0.112. The third kappa shape index (κ3) is 5.34. The monoisotopic (exact) mass is 637 g/mol. The summed E-state index contributed by atoms with van der Waals surface area (Å²) in [7, 11) is -10.2. The molecule has 1 aliphatic heterocycles. The third-order valence-electron chi connectivity index (χ3n) is 6.68. The van der Waals surface area contributed by atoms with Crippen molar-refractivity contribution >= 4 is 51.2 Å². The Kier molecular flexibility index (Phi) is 6.23. The number of nitriles is 1. The number of primary amides is 1. The van der Waals surface area contributed by atoms with E-state index < -0.39 is 59.8 Å². The number of rotatable bonds is 7. The fourth-order valence-electron chi connectivity index (χ4n) is 4.55. The van der Waals surface area contributed by atoms with Crippen LogP contribution in [0.5, 0.6) is 5.75 Å². The van der Waals surface area contributed by atoms with Crippen LogP contribution in [0, 0.1) is 11.3 Å². The summed E-state index contributed by atoms with van der Waals surface area (Å²) in [5, 5.41) is 14.2. The number of benzene rings is 2. The van der Waals surface area contributed by atoms with E-state index >= 15 is 0 Å². The van der Waals surface area contributed by atoms with Gasteiger partial charge in [-0.25, -0.2) is 9.48 Å².